The van der Waals surface area contributed by atoms with Gasteiger partial charge in [-0.1, -0.05) is 0 Å². The molecule has 0 amide bonds. The lowest BCUT2D eigenvalue weighted by atomic mass is 10.1. The molecule has 1 saturated heterocycles. The van der Waals surface area contributed by atoms with Crippen LogP contribution in [0.1, 0.15) is 6.42 Å². The van der Waals surface area contributed by atoms with Gasteiger partial charge in [-0.05, 0) is 44.3 Å². The summed E-state index contributed by atoms with van der Waals surface area (Å²) in [6.45, 7) is 2.29. The van der Waals surface area contributed by atoms with Gasteiger partial charge in [-0.15, -0.1) is 10.2 Å². The molecule has 0 aliphatic carbocycles. The topological polar surface area (TPSA) is 46.0 Å². The molecule has 1 aliphatic heterocycles. The maximum absolute atomic E-state index is 4.11. The summed E-state index contributed by atoms with van der Waals surface area (Å²) in [6, 6.07) is 8.96. The highest BCUT2D eigenvalue weighted by atomic mass is 15.2. The number of hydrogen-bond acceptors (Lipinski definition) is 4. The van der Waals surface area contributed by atoms with Crippen molar-refractivity contribution in [3.05, 3.63) is 30.6 Å². The number of hydrogen-bond donors (Lipinski definition) is 1. The molecule has 3 rings (SSSR count). The predicted molar refractivity (Wildman–Crippen MR) is 76.0 cm³/mol. The number of nitrogens with zero attached hydrogens (tertiary/aromatic N) is 4. The Morgan fingerprint density at radius 1 is 1.21 bits per heavy atom. The molecule has 0 spiro atoms. The maximum Gasteiger partial charge on any atom is 0.163 e. The second kappa shape index (κ2) is 5.01. The van der Waals surface area contributed by atoms with Crippen molar-refractivity contribution in [3.8, 4) is 11.4 Å². The van der Waals surface area contributed by atoms with Crippen molar-refractivity contribution in [1.29, 1.82) is 0 Å². The Kier molecular flexibility index (Phi) is 3.21. The summed E-state index contributed by atoms with van der Waals surface area (Å²) in [7, 11) is 4.12. The molecule has 2 aromatic rings. The Bertz CT molecular complexity index is 545. The highest BCUT2D eigenvalue weighted by molar-refractivity contribution is 5.60. The summed E-state index contributed by atoms with van der Waals surface area (Å²) < 4.78 is 1.92. The first kappa shape index (κ1) is 12.2. The lowest BCUT2D eigenvalue weighted by Crippen LogP contribution is -2.23. The zero-order valence-electron chi connectivity index (χ0n) is 11.4. The van der Waals surface area contributed by atoms with E-state index in [2.05, 4.69) is 51.7 Å². The van der Waals surface area contributed by atoms with Crippen LogP contribution in [-0.2, 0) is 7.05 Å². The number of likely N-dealkylation sites (N-methyl/N-ethyl adjacent to an activating group) is 1. The lowest BCUT2D eigenvalue weighted by Gasteiger charge is -2.14. The van der Waals surface area contributed by atoms with Crippen LogP contribution in [0.15, 0.2) is 30.6 Å². The Labute approximate surface area is 113 Å². The molecular weight excluding hydrogens is 238 g/mol. The van der Waals surface area contributed by atoms with Crippen molar-refractivity contribution in [2.45, 2.75) is 12.5 Å². The molecule has 1 atom stereocenters. The average molecular weight is 257 g/mol. The number of nitrogens with one attached hydrogen (secondary N) is 1. The fraction of sp³-hybridized carbons (Fsp3) is 0.429. The van der Waals surface area contributed by atoms with E-state index in [1.165, 1.54) is 18.7 Å². The average Bonchev–Trinajstić information content (AvgIpc) is 3.00. The molecule has 100 valence electrons. The van der Waals surface area contributed by atoms with Crippen LogP contribution in [-0.4, -0.2) is 45.8 Å². The van der Waals surface area contributed by atoms with Crippen molar-refractivity contribution in [2.75, 3.05) is 25.5 Å². The lowest BCUT2D eigenvalue weighted by molar-refractivity contribution is 0.414. The van der Waals surface area contributed by atoms with Crippen LogP contribution >= 0.6 is 0 Å². The van der Waals surface area contributed by atoms with Gasteiger partial charge in [0.15, 0.2) is 5.82 Å². The minimum atomic E-state index is 0.561. The maximum atomic E-state index is 4.11. The summed E-state index contributed by atoms with van der Waals surface area (Å²) in [5.74, 6) is 0.896. The second-order valence-corrected chi connectivity index (χ2v) is 5.23. The molecular formula is C14H19N5. The van der Waals surface area contributed by atoms with Gasteiger partial charge in [0.25, 0.3) is 0 Å². The molecule has 5 nitrogen and oxygen atoms in total. The van der Waals surface area contributed by atoms with E-state index in [1.54, 1.807) is 6.33 Å². The summed E-state index contributed by atoms with van der Waals surface area (Å²) >= 11 is 0. The normalized spacial score (nSPS) is 19.8. The molecule has 0 saturated carbocycles. The number of aryl methyl sites for hydroxylation is 1. The van der Waals surface area contributed by atoms with Gasteiger partial charge in [0.2, 0.25) is 0 Å². The van der Waals surface area contributed by atoms with Crippen LogP contribution in [0.5, 0.6) is 0 Å². The SMILES string of the molecule is CN1CCC(Nc2ccc(-c3nncn3C)cc2)C1. The molecule has 1 aromatic carbocycles. The highest BCUT2D eigenvalue weighted by Gasteiger charge is 2.18. The van der Waals surface area contributed by atoms with Crippen LogP contribution in [0.2, 0.25) is 0 Å². The zero-order valence-corrected chi connectivity index (χ0v) is 11.4. The smallest absolute Gasteiger partial charge is 0.163 e. The highest BCUT2D eigenvalue weighted by Crippen LogP contribution is 2.20. The fourth-order valence-electron chi connectivity index (χ4n) is 2.55. The Morgan fingerprint density at radius 3 is 2.58 bits per heavy atom. The van der Waals surface area contributed by atoms with Crippen molar-refractivity contribution < 1.29 is 0 Å². The summed E-state index contributed by atoms with van der Waals surface area (Å²) in [5, 5.41) is 11.6. The van der Waals surface area contributed by atoms with Gasteiger partial charge in [0.05, 0.1) is 0 Å². The Morgan fingerprint density at radius 2 is 2.00 bits per heavy atom. The minimum absolute atomic E-state index is 0.561. The van der Waals surface area contributed by atoms with Crippen molar-refractivity contribution in [3.63, 3.8) is 0 Å². The van der Waals surface area contributed by atoms with Crippen LogP contribution in [0.3, 0.4) is 0 Å². The number of benzene rings is 1. The van der Waals surface area contributed by atoms with Gasteiger partial charge < -0.3 is 14.8 Å². The predicted octanol–water partition coefficient (Wildman–Crippen LogP) is 1.60. The quantitative estimate of drug-likeness (QED) is 0.907. The van der Waals surface area contributed by atoms with E-state index in [9.17, 15) is 0 Å². The van der Waals surface area contributed by atoms with E-state index in [1.807, 2.05) is 11.6 Å². The van der Waals surface area contributed by atoms with E-state index in [4.69, 9.17) is 0 Å². The molecule has 0 bridgehead atoms. The summed E-state index contributed by atoms with van der Waals surface area (Å²) in [4.78, 5) is 2.35. The summed E-state index contributed by atoms with van der Waals surface area (Å²) in [5.41, 5.74) is 2.26. The first-order valence-electron chi connectivity index (χ1n) is 6.62. The third-order valence-electron chi connectivity index (χ3n) is 3.62. The molecule has 19 heavy (non-hydrogen) atoms. The van der Waals surface area contributed by atoms with Gasteiger partial charge in [-0.25, -0.2) is 0 Å². The van der Waals surface area contributed by atoms with E-state index in [-0.39, 0.29) is 0 Å². The Balaban J connectivity index is 1.71. The molecule has 0 radical (unpaired) electrons. The summed E-state index contributed by atoms with van der Waals surface area (Å²) in [6.07, 6.45) is 2.93. The van der Waals surface area contributed by atoms with Crippen LogP contribution < -0.4 is 5.32 Å². The van der Waals surface area contributed by atoms with Gasteiger partial charge in [-0.3, -0.25) is 0 Å². The van der Waals surface area contributed by atoms with Crippen LogP contribution in [0.25, 0.3) is 11.4 Å². The number of anilines is 1. The first-order chi connectivity index (χ1) is 9.22. The van der Waals surface area contributed by atoms with Gasteiger partial charge >= 0.3 is 0 Å². The van der Waals surface area contributed by atoms with Crippen LogP contribution in [0.4, 0.5) is 5.69 Å². The molecule has 2 heterocycles. The monoisotopic (exact) mass is 257 g/mol. The van der Waals surface area contributed by atoms with Gasteiger partial charge in [0, 0.05) is 30.9 Å². The van der Waals surface area contributed by atoms with E-state index >= 15 is 0 Å². The molecule has 5 heteroatoms. The molecule has 1 N–H and O–H groups in total. The third kappa shape index (κ3) is 2.61. The second-order valence-electron chi connectivity index (χ2n) is 5.23. The number of rotatable bonds is 3. The Hall–Kier alpha value is -1.88. The van der Waals surface area contributed by atoms with E-state index in [0.717, 1.165) is 17.9 Å². The van der Waals surface area contributed by atoms with Gasteiger partial charge in [-0.2, -0.15) is 0 Å². The van der Waals surface area contributed by atoms with Crippen molar-refractivity contribution in [1.82, 2.24) is 19.7 Å². The molecule has 1 unspecified atom stereocenters. The van der Waals surface area contributed by atoms with E-state index < -0.39 is 0 Å². The van der Waals surface area contributed by atoms with Crippen molar-refractivity contribution in [2.24, 2.45) is 7.05 Å². The zero-order chi connectivity index (χ0) is 13.2. The van der Waals surface area contributed by atoms with Crippen LogP contribution in [0, 0.1) is 0 Å². The largest absolute Gasteiger partial charge is 0.381 e. The van der Waals surface area contributed by atoms with Crippen molar-refractivity contribution >= 4 is 5.69 Å². The molecule has 1 fully saturated rings. The molecule has 1 aromatic heterocycles. The minimum Gasteiger partial charge on any atom is -0.381 e. The fourth-order valence-corrected chi connectivity index (χ4v) is 2.55. The van der Waals surface area contributed by atoms with Gasteiger partial charge in [0.1, 0.15) is 6.33 Å². The first-order valence-corrected chi connectivity index (χ1v) is 6.62. The van der Waals surface area contributed by atoms with E-state index in [0.29, 0.717) is 6.04 Å². The standard InChI is InChI=1S/C14H19N5/c1-18-8-7-13(9-18)16-12-5-3-11(4-6-12)14-17-15-10-19(14)2/h3-6,10,13,16H,7-9H2,1-2H3. The molecule has 1 aliphatic rings. The number of likely N-dealkylation sites (tertiary alicyclic amines) is 1. The number of aromatic nitrogens is 3. The third-order valence-corrected chi connectivity index (χ3v) is 3.62.